The van der Waals surface area contributed by atoms with Gasteiger partial charge in [0.25, 0.3) is 0 Å². The molecule has 0 aliphatic carbocycles. The SMILES string of the molecule is C=CCOc1ccc(F)cc1.CC. The number of benzene rings is 1. The van der Waals surface area contributed by atoms with Crippen LogP contribution in [-0.4, -0.2) is 6.61 Å². The van der Waals surface area contributed by atoms with Crippen molar-refractivity contribution in [2.45, 2.75) is 13.8 Å². The van der Waals surface area contributed by atoms with Gasteiger partial charge in [0.2, 0.25) is 0 Å². The maximum absolute atomic E-state index is 12.3. The highest BCUT2D eigenvalue weighted by Crippen LogP contribution is 2.10. The Bertz CT molecular complexity index is 228. The molecule has 0 saturated carbocycles. The van der Waals surface area contributed by atoms with Crippen molar-refractivity contribution in [1.29, 1.82) is 0 Å². The molecule has 0 aliphatic rings. The summed E-state index contributed by atoms with van der Waals surface area (Å²) in [7, 11) is 0. The fourth-order valence-electron chi connectivity index (χ4n) is 0.686. The topological polar surface area (TPSA) is 9.23 Å². The third kappa shape index (κ3) is 5.01. The Morgan fingerprint density at radius 1 is 1.31 bits per heavy atom. The molecular weight excluding hydrogens is 167 g/mol. The van der Waals surface area contributed by atoms with E-state index in [2.05, 4.69) is 6.58 Å². The molecule has 0 bridgehead atoms. The van der Waals surface area contributed by atoms with Crippen molar-refractivity contribution in [3.05, 3.63) is 42.7 Å². The summed E-state index contributed by atoms with van der Waals surface area (Å²) in [6.07, 6.45) is 1.64. The average molecular weight is 182 g/mol. The zero-order valence-corrected chi connectivity index (χ0v) is 8.09. The van der Waals surface area contributed by atoms with Crippen LogP contribution in [0.15, 0.2) is 36.9 Å². The largest absolute Gasteiger partial charge is 0.490 e. The van der Waals surface area contributed by atoms with Gasteiger partial charge >= 0.3 is 0 Å². The van der Waals surface area contributed by atoms with Crippen LogP contribution in [0.3, 0.4) is 0 Å². The molecule has 0 aromatic heterocycles. The van der Waals surface area contributed by atoms with Crippen molar-refractivity contribution < 1.29 is 9.13 Å². The minimum atomic E-state index is -0.254. The molecule has 72 valence electrons. The van der Waals surface area contributed by atoms with E-state index >= 15 is 0 Å². The van der Waals surface area contributed by atoms with E-state index in [0.717, 1.165) is 0 Å². The van der Waals surface area contributed by atoms with Crippen LogP contribution in [0.2, 0.25) is 0 Å². The number of ether oxygens (including phenoxy) is 1. The highest BCUT2D eigenvalue weighted by molar-refractivity contribution is 5.22. The van der Waals surface area contributed by atoms with Crippen molar-refractivity contribution in [3.63, 3.8) is 0 Å². The van der Waals surface area contributed by atoms with Gasteiger partial charge in [-0.15, -0.1) is 0 Å². The Labute approximate surface area is 78.9 Å². The van der Waals surface area contributed by atoms with Gasteiger partial charge in [-0.05, 0) is 24.3 Å². The second-order valence-electron chi connectivity index (χ2n) is 2.05. The molecule has 1 aromatic rings. The fourth-order valence-corrected chi connectivity index (χ4v) is 0.686. The molecule has 0 radical (unpaired) electrons. The minimum absolute atomic E-state index is 0.254. The number of hydrogen-bond acceptors (Lipinski definition) is 1. The van der Waals surface area contributed by atoms with Gasteiger partial charge < -0.3 is 4.74 Å². The Hall–Kier alpha value is -1.31. The molecule has 1 aromatic carbocycles. The molecule has 0 spiro atoms. The van der Waals surface area contributed by atoms with Crippen LogP contribution in [0, 0.1) is 5.82 Å². The molecule has 13 heavy (non-hydrogen) atoms. The van der Waals surface area contributed by atoms with Crippen molar-refractivity contribution in [3.8, 4) is 5.75 Å². The predicted octanol–water partition coefficient (Wildman–Crippen LogP) is 3.42. The first-order valence-corrected chi connectivity index (χ1v) is 4.32. The summed E-state index contributed by atoms with van der Waals surface area (Å²) in [5.74, 6) is 0.405. The Kier molecular flexibility index (Phi) is 6.60. The molecule has 1 rings (SSSR count). The zero-order valence-electron chi connectivity index (χ0n) is 8.09. The van der Waals surface area contributed by atoms with Crippen molar-refractivity contribution >= 4 is 0 Å². The van der Waals surface area contributed by atoms with E-state index in [9.17, 15) is 4.39 Å². The van der Waals surface area contributed by atoms with Crippen LogP contribution in [-0.2, 0) is 0 Å². The smallest absolute Gasteiger partial charge is 0.123 e. The Balaban J connectivity index is 0.000000671. The molecule has 0 unspecified atom stereocenters. The van der Waals surface area contributed by atoms with E-state index in [-0.39, 0.29) is 5.82 Å². The van der Waals surface area contributed by atoms with Crippen molar-refractivity contribution in [2.24, 2.45) is 0 Å². The first-order chi connectivity index (χ1) is 6.33. The van der Waals surface area contributed by atoms with E-state index in [1.807, 2.05) is 13.8 Å². The van der Waals surface area contributed by atoms with Crippen LogP contribution >= 0.6 is 0 Å². The monoisotopic (exact) mass is 182 g/mol. The summed E-state index contributed by atoms with van der Waals surface area (Å²) in [5, 5.41) is 0. The van der Waals surface area contributed by atoms with Gasteiger partial charge in [0, 0.05) is 0 Å². The summed E-state index contributed by atoms with van der Waals surface area (Å²) in [6.45, 7) is 7.94. The molecule has 1 nitrogen and oxygen atoms in total. The van der Waals surface area contributed by atoms with E-state index < -0.39 is 0 Å². The standard InChI is InChI=1S/C9H9FO.C2H6/c1-2-7-11-9-5-3-8(10)4-6-9;1-2/h2-6H,1,7H2;1-2H3. The van der Waals surface area contributed by atoms with Crippen LogP contribution < -0.4 is 4.74 Å². The molecule has 0 amide bonds. The Morgan fingerprint density at radius 3 is 2.31 bits per heavy atom. The molecule has 0 saturated heterocycles. The normalized spacial score (nSPS) is 8.23. The lowest BCUT2D eigenvalue weighted by Crippen LogP contribution is -1.91. The maximum Gasteiger partial charge on any atom is 0.123 e. The van der Waals surface area contributed by atoms with Gasteiger partial charge in [-0.3, -0.25) is 0 Å². The molecule has 0 heterocycles. The molecule has 0 fully saturated rings. The molecular formula is C11H15FO. The highest BCUT2D eigenvalue weighted by Gasteiger charge is 1.91. The maximum atomic E-state index is 12.3. The second-order valence-corrected chi connectivity index (χ2v) is 2.05. The van der Waals surface area contributed by atoms with Crippen LogP contribution in [0.5, 0.6) is 5.75 Å². The molecule has 0 aliphatic heterocycles. The van der Waals surface area contributed by atoms with Gasteiger partial charge in [0.1, 0.15) is 18.2 Å². The van der Waals surface area contributed by atoms with E-state index in [4.69, 9.17) is 4.74 Å². The van der Waals surface area contributed by atoms with Gasteiger partial charge in [0.15, 0.2) is 0 Å². The van der Waals surface area contributed by atoms with Gasteiger partial charge in [-0.2, -0.15) is 0 Å². The lowest BCUT2D eigenvalue weighted by Gasteiger charge is -2.00. The van der Waals surface area contributed by atoms with Crippen molar-refractivity contribution in [2.75, 3.05) is 6.61 Å². The van der Waals surface area contributed by atoms with E-state index in [1.165, 1.54) is 12.1 Å². The first kappa shape index (κ1) is 11.7. The fraction of sp³-hybridized carbons (Fsp3) is 0.273. The third-order valence-corrected chi connectivity index (χ3v) is 1.18. The summed E-state index contributed by atoms with van der Waals surface area (Å²) < 4.78 is 17.5. The first-order valence-electron chi connectivity index (χ1n) is 4.32. The second kappa shape index (κ2) is 7.35. The predicted molar refractivity (Wildman–Crippen MR) is 53.4 cm³/mol. The van der Waals surface area contributed by atoms with E-state index in [1.54, 1.807) is 18.2 Å². The average Bonchev–Trinajstić information content (AvgIpc) is 2.20. The minimum Gasteiger partial charge on any atom is -0.490 e. The summed E-state index contributed by atoms with van der Waals surface area (Å²) in [6, 6.07) is 5.88. The van der Waals surface area contributed by atoms with Crippen molar-refractivity contribution in [1.82, 2.24) is 0 Å². The van der Waals surface area contributed by atoms with Gasteiger partial charge in [0.05, 0.1) is 0 Å². The third-order valence-electron chi connectivity index (χ3n) is 1.18. The van der Waals surface area contributed by atoms with Gasteiger partial charge in [-0.25, -0.2) is 4.39 Å². The quantitative estimate of drug-likeness (QED) is 0.651. The summed E-state index contributed by atoms with van der Waals surface area (Å²) in [5.41, 5.74) is 0. The molecule has 0 atom stereocenters. The van der Waals surface area contributed by atoms with Gasteiger partial charge in [-0.1, -0.05) is 26.5 Å². The lowest BCUT2D eigenvalue weighted by molar-refractivity contribution is 0.362. The Morgan fingerprint density at radius 2 is 1.85 bits per heavy atom. The number of rotatable bonds is 3. The summed E-state index contributed by atoms with van der Waals surface area (Å²) in [4.78, 5) is 0. The molecule has 0 N–H and O–H groups in total. The van der Waals surface area contributed by atoms with E-state index in [0.29, 0.717) is 12.4 Å². The zero-order chi connectivity index (χ0) is 10.1. The number of hydrogen-bond donors (Lipinski definition) is 0. The van der Waals surface area contributed by atoms with Crippen LogP contribution in [0.25, 0.3) is 0 Å². The van der Waals surface area contributed by atoms with Crippen LogP contribution in [0.4, 0.5) is 4.39 Å². The number of halogens is 1. The van der Waals surface area contributed by atoms with Crippen LogP contribution in [0.1, 0.15) is 13.8 Å². The summed E-state index contributed by atoms with van der Waals surface area (Å²) >= 11 is 0. The lowest BCUT2D eigenvalue weighted by atomic mass is 10.3. The molecule has 2 heteroatoms. The highest BCUT2D eigenvalue weighted by atomic mass is 19.1.